The summed E-state index contributed by atoms with van der Waals surface area (Å²) in [4.78, 5) is 17.8. The number of H-pyrrole nitrogens is 1. The third-order valence-electron chi connectivity index (χ3n) is 2.44. The zero-order valence-electron chi connectivity index (χ0n) is 7.93. The maximum atomic E-state index is 10.8. The average molecular weight is 192 g/mol. The predicted molar refractivity (Wildman–Crippen MR) is 50.6 cm³/mol. The van der Waals surface area contributed by atoms with Crippen LogP contribution in [0.15, 0.2) is 24.7 Å². The van der Waals surface area contributed by atoms with Gasteiger partial charge in [-0.25, -0.2) is 9.78 Å². The van der Waals surface area contributed by atoms with E-state index in [0.717, 1.165) is 12.1 Å². The minimum atomic E-state index is -0.291. The molecule has 1 aliphatic carbocycles. The fourth-order valence-electron chi connectivity index (χ4n) is 1.52. The Morgan fingerprint density at radius 1 is 1.79 bits per heavy atom. The van der Waals surface area contributed by atoms with E-state index in [1.165, 1.54) is 13.2 Å². The lowest BCUT2D eigenvalue weighted by Crippen LogP contribution is -1.93. The number of imidazole rings is 1. The standard InChI is InChI=1S/C10H12N2O2/c1-14-10(13)3-2-7-4-8(7)9-5-11-6-12-9/h2-3,5-8H,4H2,1H3,(H,11,12)/b3-2+. The molecule has 0 saturated heterocycles. The van der Waals surface area contributed by atoms with Crippen molar-refractivity contribution in [3.63, 3.8) is 0 Å². The second-order valence-electron chi connectivity index (χ2n) is 3.40. The highest BCUT2D eigenvalue weighted by Gasteiger charge is 2.37. The van der Waals surface area contributed by atoms with Crippen LogP contribution in [-0.4, -0.2) is 23.0 Å². The Kier molecular flexibility index (Phi) is 2.35. The Morgan fingerprint density at radius 3 is 3.29 bits per heavy atom. The summed E-state index contributed by atoms with van der Waals surface area (Å²) in [5.41, 5.74) is 1.14. The van der Waals surface area contributed by atoms with Crippen LogP contribution in [-0.2, 0) is 9.53 Å². The highest BCUT2D eigenvalue weighted by atomic mass is 16.5. The number of hydrogen-bond acceptors (Lipinski definition) is 3. The maximum Gasteiger partial charge on any atom is 0.330 e. The molecule has 0 aromatic carbocycles. The molecule has 1 aliphatic rings. The smallest absolute Gasteiger partial charge is 0.330 e. The SMILES string of the molecule is COC(=O)/C=C/C1CC1c1cnc[nH]1. The third kappa shape index (κ3) is 1.84. The van der Waals surface area contributed by atoms with Crippen molar-refractivity contribution in [2.45, 2.75) is 12.3 Å². The molecular formula is C10H12N2O2. The van der Waals surface area contributed by atoms with Gasteiger partial charge in [-0.3, -0.25) is 0 Å². The molecule has 74 valence electrons. The van der Waals surface area contributed by atoms with Crippen LogP contribution in [0.2, 0.25) is 0 Å². The van der Waals surface area contributed by atoms with Gasteiger partial charge in [-0.05, 0) is 12.3 Å². The number of hydrogen-bond donors (Lipinski definition) is 1. The predicted octanol–water partition coefficient (Wildman–Crippen LogP) is 1.24. The van der Waals surface area contributed by atoms with Gasteiger partial charge >= 0.3 is 5.97 Å². The van der Waals surface area contributed by atoms with Gasteiger partial charge in [0.1, 0.15) is 0 Å². The van der Waals surface area contributed by atoms with Gasteiger partial charge in [-0.2, -0.15) is 0 Å². The van der Waals surface area contributed by atoms with Crippen LogP contribution in [0.5, 0.6) is 0 Å². The molecule has 0 aliphatic heterocycles. The van der Waals surface area contributed by atoms with Crippen LogP contribution >= 0.6 is 0 Å². The molecule has 0 amide bonds. The van der Waals surface area contributed by atoms with Crippen LogP contribution in [0.25, 0.3) is 0 Å². The summed E-state index contributed by atoms with van der Waals surface area (Å²) in [6.45, 7) is 0. The van der Waals surface area contributed by atoms with E-state index in [2.05, 4.69) is 14.7 Å². The Labute approximate surface area is 82.0 Å². The number of carbonyl (C=O) groups is 1. The van der Waals surface area contributed by atoms with Crippen molar-refractivity contribution < 1.29 is 9.53 Å². The van der Waals surface area contributed by atoms with E-state index in [1.807, 2.05) is 12.3 Å². The molecule has 0 bridgehead atoms. The molecule has 1 aromatic rings. The van der Waals surface area contributed by atoms with Crippen LogP contribution in [0.1, 0.15) is 18.0 Å². The number of nitrogens with zero attached hydrogens (tertiary/aromatic N) is 1. The van der Waals surface area contributed by atoms with E-state index in [0.29, 0.717) is 11.8 Å². The Hall–Kier alpha value is -1.58. The third-order valence-corrected chi connectivity index (χ3v) is 2.44. The molecule has 14 heavy (non-hydrogen) atoms. The van der Waals surface area contributed by atoms with E-state index in [9.17, 15) is 4.79 Å². The van der Waals surface area contributed by atoms with E-state index < -0.39 is 0 Å². The van der Waals surface area contributed by atoms with Crippen LogP contribution in [0, 0.1) is 5.92 Å². The average Bonchev–Trinajstić information content (AvgIpc) is 2.77. The number of allylic oxidation sites excluding steroid dienone is 1. The maximum absolute atomic E-state index is 10.8. The lowest BCUT2D eigenvalue weighted by Gasteiger charge is -1.91. The number of aromatic nitrogens is 2. The molecule has 4 nitrogen and oxygen atoms in total. The minimum absolute atomic E-state index is 0.291. The van der Waals surface area contributed by atoms with E-state index in [4.69, 9.17) is 0 Å². The first-order chi connectivity index (χ1) is 6.81. The summed E-state index contributed by atoms with van der Waals surface area (Å²) >= 11 is 0. The van der Waals surface area contributed by atoms with Gasteiger partial charge in [0.25, 0.3) is 0 Å². The lowest BCUT2D eigenvalue weighted by atomic mass is 10.2. The van der Waals surface area contributed by atoms with Gasteiger partial charge in [-0.15, -0.1) is 0 Å². The number of esters is 1. The fraction of sp³-hybridized carbons (Fsp3) is 0.400. The fourth-order valence-corrected chi connectivity index (χ4v) is 1.52. The number of nitrogens with one attached hydrogen (secondary N) is 1. The van der Waals surface area contributed by atoms with Gasteiger partial charge in [0.2, 0.25) is 0 Å². The quantitative estimate of drug-likeness (QED) is 0.579. The van der Waals surface area contributed by atoms with Crippen molar-refractivity contribution in [1.82, 2.24) is 9.97 Å². The molecule has 4 heteroatoms. The van der Waals surface area contributed by atoms with Crippen molar-refractivity contribution >= 4 is 5.97 Å². The van der Waals surface area contributed by atoms with Crippen LogP contribution in [0.3, 0.4) is 0 Å². The van der Waals surface area contributed by atoms with E-state index >= 15 is 0 Å². The first-order valence-electron chi connectivity index (χ1n) is 4.55. The van der Waals surface area contributed by atoms with Gasteiger partial charge in [0, 0.05) is 23.9 Å². The highest BCUT2D eigenvalue weighted by Crippen LogP contribution is 2.47. The normalized spacial score (nSPS) is 25.2. The summed E-state index contributed by atoms with van der Waals surface area (Å²) in [6.07, 6.45) is 7.97. The molecule has 2 unspecified atom stereocenters. The molecule has 2 rings (SSSR count). The van der Waals surface area contributed by atoms with Gasteiger partial charge in [0.15, 0.2) is 0 Å². The molecule has 1 aromatic heterocycles. The molecular weight excluding hydrogens is 180 g/mol. The van der Waals surface area contributed by atoms with Crippen molar-refractivity contribution in [2.75, 3.05) is 7.11 Å². The number of rotatable bonds is 3. The monoisotopic (exact) mass is 192 g/mol. The summed E-state index contributed by atoms with van der Waals surface area (Å²) < 4.78 is 4.51. The first kappa shape index (κ1) is 8.99. The van der Waals surface area contributed by atoms with E-state index in [1.54, 1.807) is 6.33 Å². The Morgan fingerprint density at radius 2 is 2.64 bits per heavy atom. The number of carbonyl (C=O) groups excluding carboxylic acids is 1. The largest absolute Gasteiger partial charge is 0.466 e. The summed E-state index contributed by atoms with van der Waals surface area (Å²) in [5, 5.41) is 0. The summed E-state index contributed by atoms with van der Waals surface area (Å²) in [7, 11) is 1.38. The van der Waals surface area contributed by atoms with Crippen molar-refractivity contribution in [2.24, 2.45) is 5.92 Å². The van der Waals surface area contributed by atoms with Crippen molar-refractivity contribution in [3.05, 3.63) is 30.4 Å². The minimum Gasteiger partial charge on any atom is -0.466 e. The molecule has 1 fully saturated rings. The Bertz CT molecular complexity index is 343. The number of aromatic amines is 1. The second-order valence-corrected chi connectivity index (χ2v) is 3.40. The molecule has 1 N–H and O–H groups in total. The molecule has 2 atom stereocenters. The van der Waals surface area contributed by atoms with Crippen molar-refractivity contribution in [1.29, 1.82) is 0 Å². The second kappa shape index (κ2) is 3.65. The zero-order chi connectivity index (χ0) is 9.97. The Balaban J connectivity index is 1.88. The molecule has 1 heterocycles. The topological polar surface area (TPSA) is 55.0 Å². The zero-order valence-corrected chi connectivity index (χ0v) is 7.93. The van der Waals surface area contributed by atoms with Gasteiger partial charge in [0.05, 0.1) is 13.4 Å². The summed E-state index contributed by atoms with van der Waals surface area (Å²) in [6, 6.07) is 0. The van der Waals surface area contributed by atoms with Gasteiger partial charge < -0.3 is 9.72 Å². The highest BCUT2D eigenvalue weighted by molar-refractivity contribution is 5.81. The van der Waals surface area contributed by atoms with Gasteiger partial charge in [-0.1, -0.05) is 6.08 Å². The molecule has 0 radical (unpaired) electrons. The van der Waals surface area contributed by atoms with E-state index in [-0.39, 0.29) is 5.97 Å². The van der Waals surface area contributed by atoms with Crippen LogP contribution < -0.4 is 0 Å². The number of ether oxygens (including phenoxy) is 1. The summed E-state index contributed by atoms with van der Waals surface area (Å²) in [5.74, 6) is 0.660. The first-order valence-corrected chi connectivity index (χ1v) is 4.55. The molecule has 0 spiro atoms. The van der Waals surface area contributed by atoms with Crippen molar-refractivity contribution in [3.8, 4) is 0 Å². The van der Waals surface area contributed by atoms with Crippen LogP contribution in [0.4, 0.5) is 0 Å². The number of methoxy groups -OCH3 is 1. The lowest BCUT2D eigenvalue weighted by molar-refractivity contribution is -0.134. The molecule has 1 saturated carbocycles.